The lowest BCUT2D eigenvalue weighted by Crippen LogP contribution is -2.22. The molecule has 6 heteroatoms. The molecule has 0 radical (unpaired) electrons. The van der Waals surface area contributed by atoms with Crippen LogP contribution in [0.15, 0.2) is 66.9 Å². The van der Waals surface area contributed by atoms with Crippen molar-refractivity contribution in [2.45, 2.75) is 27.3 Å². The zero-order valence-corrected chi connectivity index (χ0v) is 19.6. The number of benzene rings is 3. The monoisotopic (exact) mass is 463 g/mol. The van der Waals surface area contributed by atoms with E-state index in [4.69, 9.17) is 28.3 Å². The van der Waals surface area contributed by atoms with Crippen LogP contribution in [-0.2, 0) is 6.54 Å². The highest BCUT2D eigenvalue weighted by Crippen LogP contribution is 2.31. The van der Waals surface area contributed by atoms with Crippen LogP contribution < -0.4 is 5.32 Å². The maximum atomic E-state index is 12.7. The molecular formula is C26H23Cl2N3O. The predicted molar refractivity (Wildman–Crippen MR) is 131 cm³/mol. The summed E-state index contributed by atoms with van der Waals surface area (Å²) in [6.45, 7) is 6.60. The van der Waals surface area contributed by atoms with Gasteiger partial charge in [-0.15, -0.1) is 0 Å². The smallest absolute Gasteiger partial charge is 0.251 e. The summed E-state index contributed by atoms with van der Waals surface area (Å²) in [5, 5.41) is 8.66. The molecule has 0 aliphatic heterocycles. The first-order chi connectivity index (χ1) is 15.3. The molecule has 0 saturated heterocycles. The van der Waals surface area contributed by atoms with E-state index in [1.807, 2.05) is 41.2 Å². The van der Waals surface area contributed by atoms with Crippen LogP contribution in [-0.4, -0.2) is 15.7 Å². The number of nitrogens with zero attached hydrogens (tertiary/aromatic N) is 2. The van der Waals surface area contributed by atoms with E-state index in [9.17, 15) is 4.79 Å². The Morgan fingerprint density at radius 3 is 2.28 bits per heavy atom. The molecule has 0 aliphatic rings. The van der Waals surface area contributed by atoms with Crippen molar-refractivity contribution in [1.82, 2.24) is 15.1 Å². The third kappa shape index (κ3) is 4.57. The van der Waals surface area contributed by atoms with Gasteiger partial charge in [0.1, 0.15) is 0 Å². The van der Waals surface area contributed by atoms with Crippen LogP contribution in [0.25, 0.3) is 16.9 Å². The summed E-state index contributed by atoms with van der Waals surface area (Å²) in [6.07, 6.45) is 1.97. The van der Waals surface area contributed by atoms with Gasteiger partial charge in [-0.1, -0.05) is 59.1 Å². The Morgan fingerprint density at radius 1 is 0.938 bits per heavy atom. The van der Waals surface area contributed by atoms with Crippen molar-refractivity contribution in [3.8, 4) is 16.9 Å². The first-order valence-electron chi connectivity index (χ1n) is 10.3. The normalized spacial score (nSPS) is 10.9. The van der Waals surface area contributed by atoms with Crippen LogP contribution in [0.3, 0.4) is 0 Å². The Bertz CT molecular complexity index is 1270. The molecule has 1 N–H and O–H groups in total. The lowest BCUT2D eigenvalue weighted by Gasteiger charge is -2.12. The largest absolute Gasteiger partial charge is 0.348 e. The number of nitrogens with one attached hydrogen (secondary N) is 1. The minimum absolute atomic E-state index is 0.223. The molecule has 1 aromatic heterocycles. The maximum Gasteiger partial charge on any atom is 0.251 e. The summed E-state index contributed by atoms with van der Waals surface area (Å²) in [5.41, 5.74) is 7.80. The molecule has 4 nitrogen and oxygen atoms in total. The van der Waals surface area contributed by atoms with Gasteiger partial charge in [0.25, 0.3) is 5.91 Å². The molecule has 32 heavy (non-hydrogen) atoms. The summed E-state index contributed by atoms with van der Waals surface area (Å²) in [4.78, 5) is 12.7. The maximum absolute atomic E-state index is 12.7. The third-order valence-electron chi connectivity index (χ3n) is 5.35. The van der Waals surface area contributed by atoms with Crippen molar-refractivity contribution in [1.29, 1.82) is 0 Å². The molecular weight excluding hydrogens is 441 g/mol. The molecule has 0 fully saturated rings. The van der Waals surface area contributed by atoms with E-state index >= 15 is 0 Å². The molecule has 0 saturated carbocycles. The van der Waals surface area contributed by atoms with Crippen molar-refractivity contribution < 1.29 is 4.79 Å². The lowest BCUT2D eigenvalue weighted by atomic mass is 9.95. The van der Waals surface area contributed by atoms with Crippen molar-refractivity contribution in [3.63, 3.8) is 0 Å². The fraction of sp³-hybridized carbons (Fsp3) is 0.154. The highest BCUT2D eigenvalue weighted by molar-refractivity contribution is 6.42. The first-order valence-corrected chi connectivity index (χ1v) is 11.0. The van der Waals surface area contributed by atoms with Crippen molar-refractivity contribution in [2.24, 2.45) is 0 Å². The number of para-hydroxylation sites is 1. The topological polar surface area (TPSA) is 46.9 Å². The second-order valence-corrected chi connectivity index (χ2v) is 8.68. The van der Waals surface area contributed by atoms with Gasteiger partial charge in [-0.25, -0.2) is 4.68 Å². The Hall–Kier alpha value is -3.08. The van der Waals surface area contributed by atoms with E-state index in [1.54, 1.807) is 18.2 Å². The zero-order chi connectivity index (χ0) is 22.8. The summed E-state index contributed by atoms with van der Waals surface area (Å²) < 4.78 is 1.86. The average molecular weight is 464 g/mol. The van der Waals surface area contributed by atoms with Gasteiger partial charge in [-0.3, -0.25) is 4.79 Å². The predicted octanol–water partition coefficient (Wildman–Crippen LogP) is 6.70. The van der Waals surface area contributed by atoms with Gasteiger partial charge in [0, 0.05) is 29.4 Å². The second-order valence-electron chi connectivity index (χ2n) is 7.87. The molecule has 0 aliphatic carbocycles. The highest BCUT2D eigenvalue weighted by atomic mass is 35.5. The standard InChI is InChI=1S/C26H23Cl2N3O/c1-16-11-17(2)24(18(3)12-16)25-20(15-31(30-25)21-7-5-4-6-8-21)14-29-26(32)19-9-10-22(27)23(28)13-19/h4-13,15H,14H2,1-3H3,(H,29,32). The quantitative estimate of drug-likeness (QED) is 0.357. The van der Waals surface area contributed by atoms with Crippen molar-refractivity contribution >= 4 is 29.1 Å². The number of aromatic nitrogens is 2. The van der Waals surface area contributed by atoms with Crippen LogP contribution in [0, 0.1) is 20.8 Å². The number of hydrogen-bond donors (Lipinski definition) is 1. The Morgan fingerprint density at radius 2 is 1.62 bits per heavy atom. The number of aryl methyl sites for hydroxylation is 3. The van der Waals surface area contributed by atoms with Gasteiger partial charge in [-0.2, -0.15) is 5.10 Å². The molecule has 162 valence electrons. The number of amides is 1. The minimum atomic E-state index is -0.223. The molecule has 1 amide bonds. The number of hydrogen-bond acceptors (Lipinski definition) is 2. The molecule has 0 spiro atoms. The van der Waals surface area contributed by atoms with E-state index in [0.29, 0.717) is 22.2 Å². The molecule has 3 aromatic carbocycles. The lowest BCUT2D eigenvalue weighted by molar-refractivity contribution is 0.0951. The van der Waals surface area contributed by atoms with Gasteiger partial charge in [0.05, 0.1) is 21.4 Å². The first kappa shape index (κ1) is 22.1. The average Bonchev–Trinajstić information content (AvgIpc) is 3.17. The third-order valence-corrected chi connectivity index (χ3v) is 6.08. The molecule has 1 heterocycles. The highest BCUT2D eigenvalue weighted by Gasteiger charge is 2.18. The summed E-state index contributed by atoms with van der Waals surface area (Å²) >= 11 is 12.0. The van der Waals surface area contributed by atoms with Crippen LogP contribution >= 0.6 is 23.2 Å². The summed E-state index contributed by atoms with van der Waals surface area (Å²) in [6, 6.07) is 19.1. The molecule has 0 unspecified atom stereocenters. The van der Waals surface area contributed by atoms with E-state index in [2.05, 4.69) is 38.2 Å². The van der Waals surface area contributed by atoms with E-state index < -0.39 is 0 Å². The van der Waals surface area contributed by atoms with E-state index in [0.717, 1.165) is 33.6 Å². The number of carbonyl (C=O) groups excluding carboxylic acids is 1. The van der Waals surface area contributed by atoms with Crippen molar-refractivity contribution in [2.75, 3.05) is 0 Å². The Kier molecular flexibility index (Phi) is 6.35. The van der Waals surface area contributed by atoms with Gasteiger partial charge >= 0.3 is 0 Å². The number of halogens is 2. The summed E-state index contributed by atoms with van der Waals surface area (Å²) in [5.74, 6) is -0.223. The van der Waals surface area contributed by atoms with Crippen LogP contribution in [0.5, 0.6) is 0 Å². The van der Waals surface area contributed by atoms with Gasteiger partial charge in [-0.05, 0) is 62.2 Å². The van der Waals surface area contributed by atoms with Crippen LogP contribution in [0.4, 0.5) is 0 Å². The van der Waals surface area contributed by atoms with Crippen LogP contribution in [0.2, 0.25) is 10.0 Å². The summed E-state index contributed by atoms with van der Waals surface area (Å²) in [7, 11) is 0. The minimum Gasteiger partial charge on any atom is -0.348 e. The van der Waals surface area contributed by atoms with E-state index in [-0.39, 0.29) is 5.91 Å². The van der Waals surface area contributed by atoms with Gasteiger partial charge < -0.3 is 5.32 Å². The fourth-order valence-corrected chi connectivity index (χ4v) is 4.23. The SMILES string of the molecule is Cc1cc(C)c(-c2nn(-c3ccccc3)cc2CNC(=O)c2ccc(Cl)c(Cl)c2)c(C)c1. The Balaban J connectivity index is 1.71. The van der Waals surface area contributed by atoms with Crippen LogP contribution in [0.1, 0.15) is 32.6 Å². The van der Waals surface area contributed by atoms with Crippen molar-refractivity contribution in [3.05, 3.63) is 105 Å². The van der Waals surface area contributed by atoms with E-state index in [1.165, 1.54) is 5.56 Å². The number of rotatable bonds is 5. The second kappa shape index (κ2) is 9.19. The molecule has 0 bridgehead atoms. The Labute approximate surface area is 197 Å². The molecule has 4 aromatic rings. The number of carbonyl (C=O) groups is 1. The van der Waals surface area contributed by atoms with Gasteiger partial charge in [0.2, 0.25) is 0 Å². The molecule has 4 rings (SSSR count). The van der Waals surface area contributed by atoms with Gasteiger partial charge in [0.15, 0.2) is 0 Å². The zero-order valence-electron chi connectivity index (χ0n) is 18.1. The molecule has 0 atom stereocenters. The fourth-order valence-electron chi connectivity index (χ4n) is 3.93.